The monoisotopic (exact) mass is 484 g/mol. The van der Waals surface area contributed by atoms with Crippen LogP contribution >= 0.6 is 0 Å². The average molecular weight is 485 g/mol. The van der Waals surface area contributed by atoms with Gasteiger partial charge in [0.05, 0.1) is 18.1 Å². The van der Waals surface area contributed by atoms with Crippen LogP contribution in [0.3, 0.4) is 0 Å². The number of aliphatic hydroxyl groups excluding tert-OH is 1. The third-order valence-corrected chi connectivity index (χ3v) is 13.6. The summed E-state index contributed by atoms with van der Waals surface area (Å²) in [6.07, 6.45) is 8.40. The molecular weight excluding hydrogens is 436 g/mol. The fraction of sp³-hybridized carbons (Fsp3) is 0.903. The van der Waals surface area contributed by atoms with Crippen LogP contribution < -0.4 is 0 Å². The Hall–Kier alpha value is -0.870. The summed E-state index contributed by atoms with van der Waals surface area (Å²) in [6, 6.07) is 0. The normalized spacial score (nSPS) is 56.8. The van der Waals surface area contributed by atoms with Crippen molar-refractivity contribution < 1.29 is 19.4 Å². The molecule has 2 heterocycles. The average Bonchev–Trinajstić information content (AvgIpc) is 3.14. The Balaban J connectivity index is 1.49. The van der Waals surface area contributed by atoms with E-state index in [-0.39, 0.29) is 51.7 Å². The highest BCUT2D eigenvalue weighted by atomic mass is 16.7. The number of allylic oxidation sites excluding steroid dienone is 1. The number of esters is 1. The Kier molecular flexibility index (Phi) is 5.00. The van der Waals surface area contributed by atoms with E-state index >= 15 is 0 Å². The molecular formula is C31H48O4. The van der Waals surface area contributed by atoms with Gasteiger partial charge in [0.2, 0.25) is 5.79 Å². The molecule has 2 saturated heterocycles. The predicted molar refractivity (Wildman–Crippen MR) is 136 cm³/mol. The van der Waals surface area contributed by atoms with Crippen LogP contribution in [0.5, 0.6) is 0 Å². The summed E-state index contributed by atoms with van der Waals surface area (Å²) < 4.78 is 13.5. The summed E-state index contributed by atoms with van der Waals surface area (Å²) in [5, 5.41) is 11.0. The van der Waals surface area contributed by atoms with Crippen LogP contribution in [0.2, 0.25) is 0 Å². The van der Waals surface area contributed by atoms with Gasteiger partial charge in [-0.3, -0.25) is 4.79 Å². The molecule has 11 atom stereocenters. The second-order valence-corrected chi connectivity index (χ2v) is 14.9. The molecule has 0 amide bonds. The van der Waals surface area contributed by atoms with Gasteiger partial charge >= 0.3 is 5.97 Å². The number of aliphatic hydroxyl groups is 1. The lowest BCUT2D eigenvalue weighted by molar-refractivity contribution is -0.269. The summed E-state index contributed by atoms with van der Waals surface area (Å²) in [4.78, 5) is 12.8. The SMILES string of the molecule is CC1CC2(OC(=O)C(C)C2C)OC2CC3=C(CCC4C3(C)CCC(O)C4(C)C)C3(C)CCC1C23C. The van der Waals surface area contributed by atoms with E-state index in [0.29, 0.717) is 17.8 Å². The number of fused-ring (bicyclic) bond motifs is 3. The summed E-state index contributed by atoms with van der Waals surface area (Å²) >= 11 is 0. The van der Waals surface area contributed by atoms with Crippen molar-refractivity contribution in [3.63, 3.8) is 0 Å². The third-order valence-electron chi connectivity index (χ3n) is 13.6. The second kappa shape index (κ2) is 7.16. The maximum absolute atomic E-state index is 12.8. The largest absolute Gasteiger partial charge is 0.432 e. The van der Waals surface area contributed by atoms with Gasteiger partial charge in [0.1, 0.15) is 0 Å². The van der Waals surface area contributed by atoms with E-state index in [2.05, 4.69) is 48.5 Å². The van der Waals surface area contributed by atoms with E-state index < -0.39 is 5.79 Å². The molecule has 4 fully saturated rings. The molecule has 11 unspecified atom stereocenters. The van der Waals surface area contributed by atoms with Crippen molar-refractivity contribution in [1.29, 1.82) is 0 Å². The number of carbonyl (C=O) groups excluding carboxylic acids is 1. The van der Waals surface area contributed by atoms with Gasteiger partial charge in [0, 0.05) is 17.8 Å². The van der Waals surface area contributed by atoms with Crippen molar-refractivity contribution in [3.8, 4) is 0 Å². The Bertz CT molecular complexity index is 982. The van der Waals surface area contributed by atoms with Crippen molar-refractivity contribution in [2.75, 3.05) is 0 Å². The first-order valence-corrected chi connectivity index (χ1v) is 14.5. The number of carbonyl (C=O) groups is 1. The van der Waals surface area contributed by atoms with Gasteiger partial charge in [-0.05, 0) is 78.9 Å². The molecule has 1 N–H and O–H groups in total. The number of rotatable bonds is 0. The predicted octanol–water partition coefficient (Wildman–Crippen LogP) is 6.66. The van der Waals surface area contributed by atoms with Crippen LogP contribution in [0.15, 0.2) is 11.1 Å². The van der Waals surface area contributed by atoms with Gasteiger partial charge < -0.3 is 14.6 Å². The second-order valence-electron chi connectivity index (χ2n) is 14.9. The highest BCUT2D eigenvalue weighted by molar-refractivity contribution is 5.75. The Morgan fingerprint density at radius 1 is 0.943 bits per heavy atom. The molecule has 0 radical (unpaired) electrons. The molecule has 4 nitrogen and oxygen atoms in total. The molecule has 4 aliphatic carbocycles. The Labute approximate surface area is 212 Å². The number of hydrogen-bond donors (Lipinski definition) is 1. The van der Waals surface area contributed by atoms with Crippen LogP contribution in [0.25, 0.3) is 0 Å². The molecule has 2 saturated carbocycles. The quantitative estimate of drug-likeness (QED) is 0.309. The molecule has 35 heavy (non-hydrogen) atoms. The van der Waals surface area contributed by atoms with Gasteiger partial charge in [-0.2, -0.15) is 0 Å². The van der Waals surface area contributed by atoms with Crippen LogP contribution in [-0.2, 0) is 14.3 Å². The lowest BCUT2D eigenvalue weighted by Gasteiger charge is -2.63. The maximum Gasteiger partial charge on any atom is 0.311 e. The van der Waals surface area contributed by atoms with Crippen molar-refractivity contribution in [1.82, 2.24) is 0 Å². The molecule has 0 bridgehead atoms. The molecule has 196 valence electrons. The topological polar surface area (TPSA) is 55.8 Å². The lowest BCUT2D eigenvalue weighted by atomic mass is 9.43. The van der Waals surface area contributed by atoms with E-state index in [1.807, 2.05) is 6.92 Å². The zero-order valence-corrected chi connectivity index (χ0v) is 23.4. The minimum absolute atomic E-state index is 0.0552. The first-order valence-electron chi connectivity index (χ1n) is 14.5. The van der Waals surface area contributed by atoms with Crippen LogP contribution in [-0.4, -0.2) is 29.1 Å². The minimum atomic E-state index is -0.788. The molecule has 0 aromatic carbocycles. The van der Waals surface area contributed by atoms with Crippen molar-refractivity contribution in [2.24, 2.45) is 51.2 Å². The van der Waals surface area contributed by atoms with Crippen molar-refractivity contribution in [3.05, 3.63) is 11.1 Å². The van der Waals surface area contributed by atoms with Crippen LogP contribution in [0.1, 0.15) is 107 Å². The fourth-order valence-corrected chi connectivity index (χ4v) is 10.9. The van der Waals surface area contributed by atoms with E-state index in [9.17, 15) is 9.90 Å². The van der Waals surface area contributed by atoms with E-state index in [4.69, 9.17) is 9.47 Å². The van der Waals surface area contributed by atoms with Crippen molar-refractivity contribution >= 4 is 5.97 Å². The summed E-state index contributed by atoms with van der Waals surface area (Å²) in [5.74, 6) is 0.616. The smallest absolute Gasteiger partial charge is 0.311 e. The van der Waals surface area contributed by atoms with E-state index in [1.165, 1.54) is 25.7 Å². The molecule has 0 aromatic rings. The molecule has 6 aliphatic rings. The Morgan fingerprint density at radius 2 is 1.66 bits per heavy atom. The minimum Gasteiger partial charge on any atom is -0.432 e. The Morgan fingerprint density at radius 3 is 2.31 bits per heavy atom. The van der Waals surface area contributed by atoms with Gasteiger partial charge in [0.25, 0.3) is 0 Å². The molecule has 4 heteroatoms. The van der Waals surface area contributed by atoms with Crippen LogP contribution in [0.4, 0.5) is 0 Å². The first kappa shape index (κ1) is 24.5. The molecule has 1 spiro atoms. The zero-order valence-electron chi connectivity index (χ0n) is 23.4. The van der Waals surface area contributed by atoms with Crippen molar-refractivity contribution in [2.45, 2.75) is 125 Å². The lowest BCUT2D eigenvalue weighted by Crippen LogP contribution is -2.59. The van der Waals surface area contributed by atoms with E-state index in [0.717, 1.165) is 25.7 Å². The molecule has 2 aliphatic heterocycles. The zero-order chi connectivity index (χ0) is 25.3. The van der Waals surface area contributed by atoms with E-state index in [1.54, 1.807) is 11.1 Å². The highest BCUT2D eigenvalue weighted by Crippen LogP contribution is 2.74. The number of hydrogen-bond acceptors (Lipinski definition) is 4. The fourth-order valence-electron chi connectivity index (χ4n) is 10.9. The summed E-state index contributed by atoms with van der Waals surface area (Å²) in [6.45, 7) is 18.8. The van der Waals surface area contributed by atoms with Gasteiger partial charge in [0.15, 0.2) is 0 Å². The standard InChI is InChI=1S/C31H48O4/c1-17-16-31(19(3)18(2)26(33)35-31)34-25-15-22-21(29(7)14-11-20(17)30(25,29)8)9-10-23-27(4,5)24(32)12-13-28(22,23)6/h17-20,23-25,32H,9-16H2,1-8H3. The third kappa shape index (κ3) is 2.75. The van der Waals surface area contributed by atoms with Crippen LogP contribution in [0, 0.1) is 51.2 Å². The molecule has 6 rings (SSSR count). The van der Waals surface area contributed by atoms with Gasteiger partial charge in [-0.25, -0.2) is 0 Å². The molecule has 0 aromatic heterocycles. The number of ether oxygens (including phenoxy) is 2. The maximum atomic E-state index is 12.8. The highest BCUT2D eigenvalue weighted by Gasteiger charge is 2.70. The van der Waals surface area contributed by atoms with Gasteiger partial charge in [-0.15, -0.1) is 0 Å². The summed E-state index contributed by atoms with van der Waals surface area (Å²) in [5.41, 5.74) is 3.60. The summed E-state index contributed by atoms with van der Waals surface area (Å²) in [7, 11) is 0. The van der Waals surface area contributed by atoms with Gasteiger partial charge in [-0.1, -0.05) is 66.5 Å². The first-order chi connectivity index (χ1) is 16.2.